The van der Waals surface area contributed by atoms with Crippen LogP contribution in [0, 0.1) is 12.3 Å². The fourth-order valence-corrected chi connectivity index (χ4v) is 3.86. The summed E-state index contributed by atoms with van der Waals surface area (Å²) in [6, 6.07) is 10.6. The van der Waals surface area contributed by atoms with Crippen molar-refractivity contribution >= 4 is 5.91 Å². The Morgan fingerprint density at radius 1 is 1.29 bits per heavy atom. The summed E-state index contributed by atoms with van der Waals surface area (Å²) in [6.07, 6.45) is 5.35. The Morgan fingerprint density at radius 3 is 2.50 bits per heavy atom. The topological polar surface area (TPSA) is 38.1 Å². The number of imidazole rings is 1. The Labute approximate surface area is 144 Å². The van der Waals surface area contributed by atoms with Gasteiger partial charge in [0.15, 0.2) is 0 Å². The largest absolute Gasteiger partial charge is 0.345 e. The summed E-state index contributed by atoms with van der Waals surface area (Å²) in [5.74, 6) is 1.15. The highest BCUT2D eigenvalue weighted by Gasteiger charge is 2.62. The molecule has 1 saturated carbocycles. The Kier molecular flexibility index (Phi) is 4.24. The molecule has 2 aromatic rings. The molecule has 0 N–H and O–H groups in total. The van der Waals surface area contributed by atoms with E-state index < -0.39 is 0 Å². The lowest BCUT2D eigenvalue weighted by atomic mass is 9.87. The number of hydrogen-bond donors (Lipinski definition) is 0. The third-order valence-electron chi connectivity index (χ3n) is 5.66. The minimum Gasteiger partial charge on any atom is -0.345 e. The molecule has 24 heavy (non-hydrogen) atoms. The predicted octanol–water partition coefficient (Wildman–Crippen LogP) is 3.41. The van der Waals surface area contributed by atoms with E-state index in [9.17, 15) is 4.79 Å². The maximum atomic E-state index is 12.6. The third kappa shape index (κ3) is 2.97. The van der Waals surface area contributed by atoms with Crippen LogP contribution in [-0.4, -0.2) is 34.0 Å². The van der Waals surface area contributed by atoms with Crippen molar-refractivity contribution in [3.63, 3.8) is 0 Å². The summed E-state index contributed by atoms with van der Waals surface area (Å²) in [4.78, 5) is 18.7. The molecule has 128 valence electrons. The second kappa shape index (κ2) is 6.08. The quantitative estimate of drug-likeness (QED) is 0.816. The van der Waals surface area contributed by atoms with E-state index in [2.05, 4.69) is 49.2 Å². The maximum absolute atomic E-state index is 12.6. The van der Waals surface area contributed by atoms with Gasteiger partial charge in [0, 0.05) is 44.4 Å². The van der Waals surface area contributed by atoms with Gasteiger partial charge in [0.2, 0.25) is 5.91 Å². The van der Waals surface area contributed by atoms with Crippen molar-refractivity contribution in [2.24, 2.45) is 5.41 Å². The average molecular weight is 325 g/mol. The number of nitrogens with zero attached hydrogens (tertiary/aromatic N) is 3. The van der Waals surface area contributed by atoms with Gasteiger partial charge in [-0.3, -0.25) is 4.79 Å². The van der Waals surface area contributed by atoms with E-state index >= 15 is 0 Å². The number of hydrogen-bond acceptors (Lipinski definition) is 2. The number of amides is 1. The normalized spacial score (nSPS) is 21.5. The zero-order valence-corrected chi connectivity index (χ0v) is 15.1. The number of rotatable bonds is 6. The Morgan fingerprint density at radius 2 is 1.96 bits per heavy atom. The number of benzene rings is 1. The van der Waals surface area contributed by atoms with Crippen LogP contribution < -0.4 is 0 Å². The van der Waals surface area contributed by atoms with Crippen molar-refractivity contribution in [1.82, 2.24) is 14.5 Å². The smallest absolute Gasteiger partial charge is 0.224 e. The van der Waals surface area contributed by atoms with Crippen LogP contribution in [0.2, 0.25) is 0 Å². The monoisotopic (exact) mass is 325 g/mol. The molecule has 0 radical (unpaired) electrons. The Balaban J connectivity index is 1.66. The van der Waals surface area contributed by atoms with Gasteiger partial charge in [-0.2, -0.15) is 0 Å². The van der Waals surface area contributed by atoms with Gasteiger partial charge in [-0.05, 0) is 24.3 Å². The minimum absolute atomic E-state index is 0.0869. The molecule has 3 rings (SSSR count). The SMILES string of the molecule is Cc1nccn1CCC(=O)N(C)C[C@]1(c2ccccc2)CC1(C)C. The molecular weight excluding hydrogens is 298 g/mol. The first-order valence-corrected chi connectivity index (χ1v) is 8.63. The fourth-order valence-electron chi connectivity index (χ4n) is 3.86. The summed E-state index contributed by atoms with van der Waals surface area (Å²) in [5, 5.41) is 0. The van der Waals surface area contributed by atoms with Crippen molar-refractivity contribution in [1.29, 1.82) is 0 Å². The number of aromatic nitrogens is 2. The standard InChI is InChI=1S/C20H27N3O/c1-16-21-11-13-23(16)12-10-18(24)22(4)15-20(14-19(20,2)3)17-8-6-5-7-9-17/h5-9,11,13H,10,12,14-15H2,1-4H3/t20-/m0/s1. The Bertz CT molecular complexity index is 719. The van der Waals surface area contributed by atoms with E-state index in [0.29, 0.717) is 13.0 Å². The molecule has 1 atom stereocenters. The molecule has 4 nitrogen and oxygen atoms in total. The van der Waals surface area contributed by atoms with E-state index in [4.69, 9.17) is 0 Å². The first kappa shape index (κ1) is 16.7. The number of aryl methyl sites for hydroxylation is 2. The van der Waals surface area contributed by atoms with Crippen molar-refractivity contribution in [3.8, 4) is 0 Å². The van der Waals surface area contributed by atoms with Crippen molar-refractivity contribution < 1.29 is 4.79 Å². The summed E-state index contributed by atoms with van der Waals surface area (Å²) >= 11 is 0. The number of carbonyl (C=O) groups excluding carboxylic acids is 1. The van der Waals surface area contributed by atoms with Crippen molar-refractivity contribution in [3.05, 3.63) is 54.1 Å². The van der Waals surface area contributed by atoms with E-state index in [1.807, 2.05) is 29.6 Å². The highest BCUT2D eigenvalue weighted by molar-refractivity contribution is 5.76. The molecule has 0 spiro atoms. The highest BCUT2D eigenvalue weighted by Crippen LogP contribution is 2.64. The summed E-state index contributed by atoms with van der Waals surface area (Å²) in [7, 11) is 1.93. The molecule has 4 heteroatoms. The van der Waals surface area contributed by atoms with E-state index in [1.165, 1.54) is 5.56 Å². The van der Waals surface area contributed by atoms with Crippen LogP contribution in [0.3, 0.4) is 0 Å². The third-order valence-corrected chi connectivity index (χ3v) is 5.66. The van der Waals surface area contributed by atoms with Gasteiger partial charge < -0.3 is 9.47 Å². The predicted molar refractivity (Wildman–Crippen MR) is 95.7 cm³/mol. The van der Waals surface area contributed by atoms with E-state index in [0.717, 1.165) is 18.8 Å². The molecule has 1 aliphatic rings. The van der Waals surface area contributed by atoms with E-state index in [1.54, 1.807) is 6.20 Å². The van der Waals surface area contributed by atoms with Crippen LogP contribution in [0.5, 0.6) is 0 Å². The van der Waals surface area contributed by atoms with Crippen molar-refractivity contribution in [2.75, 3.05) is 13.6 Å². The second-order valence-corrected chi connectivity index (χ2v) is 7.68. The van der Waals surface area contributed by atoms with Crippen LogP contribution in [0.4, 0.5) is 0 Å². The molecule has 0 unspecified atom stereocenters. The summed E-state index contributed by atoms with van der Waals surface area (Å²) in [5.41, 5.74) is 1.67. The highest BCUT2D eigenvalue weighted by atomic mass is 16.2. The second-order valence-electron chi connectivity index (χ2n) is 7.68. The molecule has 0 saturated heterocycles. The Hall–Kier alpha value is -2.10. The maximum Gasteiger partial charge on any atom is 0.224 e. The van der Waals surface area contributed by atoms with Gasteiger partial charge in [-0.25, -0.2) is 4.98 Å². The fraction of sp³-hybridized carbons (Fsp3) is 0.500. The zero-order valence-electron chi connectivity index (χ0n) is 15.1. The molecule has 0 bridgehead atoms. The summed E-state index contributed by atoms with van der Waals surface area (Å²) < 4.78 is 2.03. The zero-order chi connectivity index (χ0) is 17.4. The van der Waals surface area contributed by atoms with Gasteiger partial charge in [-0.1, -0.05) is 44.2 Å². The summed E-state index contributed by atoms with van der Waals surface area (Å²) in [6.45, 7) is 8.04. The van der Waals surface area contributed by atoms with Gasteiger partial charge >= 0.3 is 0 Å². The van der Waals surface area contributed by atoms with Gasteiger partial charge in [0.25, 0.3) is 0 Å². The van der Waals surface area contributed by atoms with Crippen LogP contribution in [0.15, 0.2) is 42.7 Å². The van der Waals surface area contributed by atoms with Gasteiger partial charge in [0.1, 0.15) is 5.82 Å². The van der Waals surface area contributed by atoms with Gasteiger partial charge in [-0.15, -0.1) is 0 Å². The van der Waals surface area contributed by atoms with Crippen LogP contribution >= 0.6 is 0 Å². The molecule has 1 aliphatic carbocycles. The average Bonchev–Trinajstić information content (AvgIpc) is 2.89. The molecule has 0 aliphatic heterocycles. The molecule has 1 amide bonds. The lowest BCUT2D eigenvalue weighted by molar-refractivity contribution is -0.130. The first-order valence-electron chi connectivity index (χ1n) is 8.63. The first-order chi connectivity index (χ1) is 11.4. The minimum atomic E-state index is 0.0869. The van der Waals surface area contributed by atoms with Crippen LogP contribution in [0.1, 0.15) is 38.1 Å². The number of carbonyl (C=O) groups is 1. The van der Waals surface area contributed by atoms with Crippen LogP contribution in [-0.2, 0) is 16.8 Å². The molecular formula is C20H27N3O. The lowest BCUT2D eigenvalue weighted by Gasteiger charge is -2.28. The molecule has 1 aromatic heterocycles. The molecule has 1 fully saturated rings. The van der Waals surface area contributed by atoms with Crippen molar-refractivity contribution in [2.45, 2.75) is 45.6 Å². The molecule has 1 heterocycles. The van der Waals surface area contributed by atoms with E-state index in [-0.39, 0.29) is 16.7 Å². The lowest BCUT2D eigenvalue weighted by Crippen LogP contribution is -2.37. The number of likely N-dealkylation sites (N-methyl/N-ethyl adjacent to an activating group) is 1. The van der Waals surface area contributed by atoms with Gasteiger partial charge in [0.05, 0.1) is 0 Å². The van der Waals surface area contributed by atoms with Crippen LogP contribution in [0.25, 0.3) is 0 Å². The molecule has 1 aromatic carbocycles.